The summed E-state index contributed by atoms with van der Waals surface area (Å²) in [6, 6.07) is 6.43. The molecule has 2 unspecified atom stereocenters. The fourth-order valence-electron chi connectivity index (χ4n) is 3.01. The molecule has 0 spiro atoms. The van der Waals surface area contributed by atoms with E-state index in [1.165, 1.54) is 4.90 Å². The fraction of sp³-hybridized carbons (Fsp3) is 0.500. The summed E-state index contributed by atoms with van der Waals surface area (Å²) in [6.07, 6.45) is -7.72. The van der Waals surface area contributed by atoms with Gasteiger partial charge in [-0.3, -0.25) is 19.4 Å². The number of aliphatic hydroxyl groups excluding tert-OH is 1. The molecule has 1 N–H and O–H groups in total. The number of ether oxygens (including phenoxy) is 1. The minimum Gasteiger partial charge on any atom is -0.382 e. The Bertz CT molecular complexity index is 645. The molecule has 0 aromatic heterocycles. The summed E-state index contributed by atoms with van der Waals surface area (Å²) < 4.78 is 42.9. The fourth-order valence-corrected chi connectivity index (χ4v) is 3.01. The molecule has 6 nitrogen and oxygen atoms in total. The van der Waals surface area contributed by atoms with E-state index in [1.54, 1.807) is 24.3 Å². The van der Waals surface area contributed by atoms with E-state index in [0.29, 0.717) is 11.1 Å². The summed E-state index contributed by atoms with van der Waals surface area (Å²) in [5.74, 6) is -0.867. The van der Waals surface area contributed by atoms with E-state index >= 15 is 0 Å². The second-order valence-corrected chi connectivity index (χ2v) is 6.08. The summed E-state index contributed by atoms with van der Waals surface area (Å²) >= 11 is 0. The number of fused-ring (bicyclic) bond motifs is 1. The third-order valence-electron chi connectivity index (χ3n) is 4.30. The monoisotopic (exact) mass is 358 g/mol. The van der Waals surface area contributed by atoms with Crippen LogP contribution in [0, 0.1) is 0 Å². The van der Waals surface area contributed by atoms with Gasteiger partial charge in [-0.05, 0) is 12.1 Å². The Balaban J connectivity index is 1.62. The third-order valence-corrected chi connectivity index (χ3v) is 4.30. The molecular weight excluding hydrogens is 341 g/mol. The number of imide groups is 1. The molecule has 2 aliphatic heterocycles. The van der Waals surface area contributed by atoms with Gasteiger partial charge in [0.25, 0.3) is 11.8 Å². The zero-order chi connectivity index (χ0) is 18.2. The molecule has 0 saturated carbocycles. The van der Waals surface area contributed by atoms with E-state index in [0.717, 1.165) is 4.90 Å². The maximum atomic E-state index is 12.5. The van der Waals surface area contributed by atoms with Crippen LogP contribution in [0.1, 0.15) is 20.7 Å². The van der Waals surface area contributed by atoms with Crippen molar-refractivity contribution in [1.29, 1.82) is 0 Å². The van der Waals surface area contributed by atoms with E-state index < -0.39 is 36.7 Å². The Kier molecular flexibility index (Phi) is 4.81. The van der Waals surface area contributed by atoms with Crippen LogP contribution in [0.5, 0.6) is 0 Å². The number of nitrogens with zero attached hydrogens (tertiary/aromatic N) is 2. The van der Waals surface area contributed by atoms with Gasteiger partial charge in [-0.2, -0.15) is 13.2 Å². The lowest BCUT2D eigenvalue weighted by Crippen LogP contribution is -2.52. The summed E-state index contributed by atoms with van der Waals surface area (Å²) in [5.41, 5.74) is 0.625. The van der Waals surface area contributed by atoms with E-state index in [-0.39, 0.29) is 26.2 Å². The number of halogens is 3. The lowest BCUT2D eigenvalue weighted by molar-refractivity contribution is -0.211. The average Bonchev–Trinajstić information content (AvgIpc) is 2.80. The van der Waals surface area contributed by atoms with Gasteiger partial charge in [0.15, 0.2) is 6.10 Å². The van der Waals surface area contributed by atoms with E-state index in [1.807, 2.05) is 0 Å². The van der Waals surface area contributed by atoms with Gasteiger partial charge < -0.3 is 9.84 Å². The average molecular weight is 358 g/mol. The van der Waals surface area contributed by atoms with Crippen molar-refractivity contribution in [3.8, 4) is 0 Å². The van der Waals surface area contributed by atoms with Crippen LogP contribution < -0.4 is 0 Å². The third kappa shape index (κ3) is 3.68. The molecule has 3 rings (SSSR count). The number of alkyl halides is 3. The van der Waals surface area contributed by atoms with Crippen molar-refractivity contribution in [1.82, 2.24) is 9.80 Å². The van der Waals surface area contributed by atoms with Gasteiger partial charge in [0.05, 0.1) is 30.4 Å². The van der Waals surface area contributed by atoms with Gasteiger partial charge in [0, 0.05) is 19.6 Å². The normalized spacial score (nSPS) is 23.0. The Labute approximate surface area is 141 Å². The lowest BCUT2D eigenvalue weighted by Gasteiger charge is -2.35. The van der Waals surface area contributed by atoms with Crippen molar-refractivity contribution in [3.05, 3.63) is 35.4 Å². The number of morpholine rings is 1. The van der Waals surface area contributed by atoms with E-state index in [2.05, 4.69) is 0 Å². The molecule has 9 heteroatoms. The second-order valence-electron chi connectivity index (χ2n) is 6.08. The molecule has 1 saturated heterocycles. The highest BCUT2D eigenvalue weighted by atomic mass is 19.4. The molecule has 2 aliphatic rings. The number of aliphatic hydroxyl groups is 1. The van der Waals surface area contributed by atoms with Gasteiger partial charge in [-0.15, -0.1) is 0 Å². The minimum absolute atomic E-state index is 0.0367. The van der Waals surface area contributed by atoms with E-state index in [9.17, 15) is 27.9 Å². The van der Waals surface area contributed by atoms with Gasteiger partial charge in [0.2, 0.25) is 0 Å². The highest BCUT2D eigenvalue weighted by Crippen LogP contribution is 2.24. The summed E-state index contributed by atoms with van der Waals surface area (Å²) in [5, 5.41) is 9.18. The SMILES string of the molecule is O=C1c2ccccc2C(=O)N1CC1CN(CC(O)C(F)(F)F)CCO1. The van der Waals surface area contributed by atoms with Crippen molar-refractivity contribution in [2.24, 2.45) is 0 Å². The standard InChI is InChI=1S/C16H17F3N2O4/c17-16(18,19)13(22)9-20-5-6-25-10(7-20)8-21-14(23)11-3-1-2-4-12(11)15(21)24/h1-4,10,13,22H,5-9H2. The molecule has 1 aromatic rings. The molecule has 0 aliphatic carbocycles. The number of β-amino-alcohol motifs (C(OH)–C–C–N with tert-alkyl or cyclic N) is 1. The van der Waals surface area contributed by atoms with Crippen LogP contribution in [-0.2, 0) is 4.74 Å². The number of benzene rings is 1. The van der Waals surface area contributed by atoms with Crippen LogP contribution in [0.2, 0.25) is 0 Å². The topological polar surface area (TPSA) is 70.1 Å². The van der Waals surface area contributed by atoms with E-state index in [4.69, 9.17) is 4.74 Å². The Hall–Kier alpha value is -1.97. The van der Waals surface area contributed by atoms with Gasteiger partial charge in [-0.1, -0.05) is 12.1 Å². The highest BCUT2D eigenvalue weighted by Gasteiger charge is 2.41. The van der Waals surface area contributed by atoms with Gasteiger partial charge >= 0.3 is 6.18 Å². The maximum Gasteiger partial charge on any atom is 0.415 e. The Morgan fingerprint density at radius 1 is 1.20 bits per heavy atom. The van der Waals surface area contributed by atoms with Crippen LogP contribution in [0.4, 0.5) is 13.2 Å². The van der Waals surface area contributed by atoms with Crippen LogP contribution >= 0.6 is 0 Å². The quantitative estimate of drug-likeness (QED) is 0.810. The number of carbonyl (C=O) groups is 2. The number of hydrogen-bond donors (Lipinski definition) is 1. The molecule has 1 aromatic carbocycles. The second kappa shape index (κ2) is 6.74. The number of hydrogen-bond acceptors (Lipinski definition) is 5. The van der Waals surface area contributed by atoms with Crippen molar-refractivity contribution >= 4 is 11.8 Å². The smallest absolute Gasteiger partial charge is 0.382 e. The number of carbonyl (C=O) groups excluding carboxylic acids is 2. The largest absolute Gasteiger partial charge is 0.415 e. The predicted molar refractivity (Wildman–Crippen MR) is 80.1 cm³/mol. The van der Waals surface area contributed by atoms with Crippen LogP contribution in [0.15, 0.2) is 24.3 Å². The van der Waals surface area contributed by atoms with Gasteiger partial charge in [-0.25, -0.2) is 0 Å². The first-order valence-corrected chi connectivity index (χ1v) is 7.81. The zero-order valence-corrected chi connectivity index (χ0v) is 13.2. The molecule has 2 heterocycles. The summed E-state index contributed by atoms with van der Waals surface area (Å²) in [4.78, 5) is 27.1. The molecule has 1 fully saturated rings. The van der Waals surface area contributed by atoms with Crippen molar-refractivity contribution in [2.75, 3.05) is 32.8 Å². The number of rotatable bonds is 4. The molecular formula is C16H17F3N2O4. The van der Waals surface area contributed by atoms with Crippen LogP contribution in [-0.4, -0.2) is 77.9 Å². The first-order chi connectivity index (χ1) is 11.8. The summed E-state index contributed by atoms with van der Waals surface area (Å²) in [6.45, 7) is -0.0961. The van der Waals surface area contributed by atoms with Crippen molar-refractivity contribution < 1.29 is 32.6 Å². The molecule has 0 bridgehead atoms. The summed E-state index contributed by atoms with van der Waals surface area (Å²) in [7, 11) is 0. The Morgan fingerprint density at radius 3 is 2.36 bits per heavy atom. The lowest BCUT2D eigenvalue weighted by atomic mass is 10.1. The first kappa shape index (κ1) is 17.8. The van der Waals surface area contributed by atoms with Crippen molar-refractivity contribution in [3.63, 3.8) is 0 Å². The molecule has 2 amide bonds. The molecule has 25 heavy (non-hydrogen) atoms. The van der Waals surface area contributed by atoms with Crippen molar-refractivity contribution in [2.45, 2.75) is 18.4 Å². The number of amides is 2. The molecule has 2 atom stereocenters. The predicted octanol–water partition coefficient (Wildman–Crippen LogP) is 0.907. The van der Waals surface area contributed by atoms with Crippen LogP contribution in [0.3, 0.4) is 0 Å². The van der Waals surface area contributed by atoms with Gasteiger partial charge in [0.1, 0.15) is 0 Å². The zero-order valence-electron chi connectivity index (χ0n) is 13.2. The van der Waals surface area contributed by atoms with Crippen LogP contribution in [0.25, 0.3) is 0 Å². The molecule has 0 radical (unpaired) electrons. The maximum absolute atomic E-state index is 12.5. The Morgan fingerprint density at radius 2 is 1.80 bits per heavy atom. The molecule has 136 valence electrons. The minimum atomic E-state index is -4.68. The highest BCUT2D eigenvalue weighted by molar-refractivity contribution is 6.21. The first-order valence-electron chi connectivity index (χ1n) is 7.81.